The zero-order valence-corrected chi connectivity index (χ0v) is 24.2. The zero-order valence-electron chi connectivity index (χ0n) is 23.4. The molecule has 0 atom stereocenters. The highest BCUT2D eigenvalue weighted by atomic mass is 32.3. The molecule has 0 bridgehead atoms. The van der Waals surface area contributed by atoms with Crippen molar-refractivity contribution in [3.05, 3.63) is 215 Å². The van der Waals surface area contributed by atoms with Crippen LogP contribution < -0.4 is 0 Å². The highest BCUT2D eigenvalue weighted by Gasteiger charge is 2.48. The van der Waals surface area contributed by atoms with E-state index in [2.05, 4.69) is 0 Å². The van der Waals surface area contributed by atoms with Gasteiger partial charge in [-0.05, 0) is 33.4 Å². The Balaban J connectivity index is 1.60. The topological polar surface area (TPSA) is 52.6 Å². The molecule has 6 rings (SSSR count). The minimum Gasteiger partial charge on any atom is -0.227 e. The van der Waals surface area contributed by atoms with Crippen LogP contribution in [0, 0.1) is 0 Å². The van der Waals surface area contributed by atoms with E-state index in [4.69, 9.17) is 8.37 Å². The second-order valence-electron chi connectivity index (χ2n) is 10.1. The van der Waals surface area contributed by atoms with Crippen molar-refractivity contribution in [2.75, 3.05) is 0 Å². The van der Waals surface area contributed by atoms with Crippen molar-refractivity contribution in [1.29, 1.82) is 0 Å². The molecule has 6 aromatic carbocycles. The smallest absolute Gasteiger partial charge is 0.227 e. The van der Waals surface area contributed by atoms with Crippen LogP contribution in [-0.4, -0.2) is 8.42 Å². The molecule has 0 aliphatic heterocycles. The first-order valence-corrected chi connectivity index (χ1v) is 15.4. The molecular formula is C38H30O4S. The zero-order chi connectivity index (χ0) is 29.6. The van der Waals surface area contributed by atoms with Gasteiger partial charge < -0.3 is 0 Å². The molecule has 0 saturated carbocycles. The molecule has 0 amide bonds. The predicted octanol–water partition coefficient (Wildman–Crippen LogP) is 8.25. The highest BCUT2D eigenvalue weighted by Crippen LogP contribution is 2.46. The van der Waals surface area contributed by atoms with E-state index in [-0.39, 0.29) is 0 Å². The quantitative estimate of drug-likeness (QED) is 0.153. The van der Waals surface area contributed by atoms with Crippen molar-refractivity contribution in [2.24, 2.45) is 0 Å². The first kappa shape index (κ1) is 28.3. The minimum atomic E-state index is -4.79. The molecule has 5 heteroatoms. The lowest BCUT2D eigenvalue weighted by atomic mass is 9.80. The van der Waals surface area contributed by atoms with Gasteiger partial charge in [0, 0.05) is 0 Å². The molecular weight excluding hydrogens is 552 g/mol. The lowest BCUT2D eigenvalue weighted by Gasteiger charge is -2.38. The molecule has 6 aromatic rings. The van der Waals surface area contributed by atoms with Crippen molar-refractivity contribution < 1.29 is 16.8 Å². The van der Waals surface area contributed by atoms with Gasteiger partial charge in [-0.2, -0.15) is 8.42 Å². The molecule has 0 spiro atoms. The van der Waals surface area contributed by atoms with Gasteiger partial charge in [-0.25, -0.2) is 8.37 Å². The molecule has 212 valence electrons. The second kappa shape index (κ2) is 12.2. The third kappa shape index (κ3) is 5.54. The molecule has 0 fully saturated rings. The van der Waals surface area contributed by atoms with E-state index in [9.17, 15) is 8.42 Å². The summed E-state index contributed by atoms with van der Waals surface area (Å²) in [5.74, 6) is 0. The van der Waals surface area contributed by atoms with Crippen LogP contribution in [0.15, 0.2) is 182 Å². The van der Waals surface area contributed by atoms with E-state index in [0.717, 1.165) is 0 Å². The maximum Gasteiger partial charge on any atom is 0.402 e. The van der Waals surface area contributed by atoms with Gasteiger partial charge in [0.25, 0.3) is 0 Å². The third-order valence-electron chi connectivity index (χ3n) is 7.54. The fraction of sp³-hybridized carbons (Fsp3) is 0.0526. The molecule has 0 N–H and O–H groups in total. The van der Waals surface area contributed by atoms with Crippen LogP contribution in [0.25, 0.3) is 0 Å². The summed E-state index contributed by atoms with van der Waals surface area (Å²) in [6.07, 6.45) is 0. The molecule has 0 heterocycles. The van der Waals surface area contributed by atoms with Gasteiger partial charge in [0.2, 0.25) is 0 Å². The summed E-state index contributed by atoms with van der Waals surface area (Å²) in [5, 5.41) is 0. The SMILES string of the molecule is O=S(=O)(OC(c1ccccc1)(c1ccccc1)c1ccccc1)OC(c1ccccc1)(c1ccccc1)c1ccccc1. The Morgan fingerprint density at radius 1 is 0.302 bits per heavy atom. The average Bonchev–Trinajstić information content (AvgIpc) is 3.08. The fourth-order valence-electron chi connectivity index (χ4n) is 5.65. The van der Waals surface area contributed by atoms with Crippen molar-refractivity contribution >= 4 is 10.4 Å². The number of rotatable bonds is 10. The Kier molecular flexibility index (Phi) is 8.03. The Hall–Kier alpha value is -4.81. The monoisotopic (exact) mass is 582 g/mol. The van der Waals surface area contributed by atoms with Crippen LogP contribution >= 0.6 is 0 Å². The summed E-state index contributed by atoms with van der Waals surface area (Å²) >= 11 is 0. The summed E-state index contributed by atoms with van der Waals surface area (Å²) in [6.45, 7) is 0. The van der Waals surface area contributed by atoms with Crippen LogP contribution in [0.5, 0.6) is 0 Å². The molecule has 4 nitrogen and oxygen atoms in total. The summed E-state index contributed by atoms with van der Waals surface area (Å²) < 4.78 is 42.2. The highest BCUT2D eigenvalue weighted by molar-refractivity contribution is 7.82. The maximum atomic E-state index is 14.7. The van der Waals surface area contributed by atoms with E-state index in [1.807, 2.05) is 182 Å². The van der Waals surface area contributed by atoms with Crippen LogP contribution in [-0.2, 0) is 30.0 Å². The van der Waals surface area contributed by atoms with Gasteiger partial charge in [-0.15, -0.1) is 0 Å². The standard InChI is InChI=1S/C38H30O4S/c39-43(40,41-37(31-19-7-1-8-20-31,32-21-9-2-10-22-32)33-23-11-3-12-24-33)42-38(34-25-13-4-14-26-34,35-27-15-5-16-28-35)36-29-17-6-18-30-36/h1-30H. The molecule has 0 aliphatic rings. The lowest BCUT2D eigenvalue weighted by Crippen LogP contribution is -2.41. The third-order valence-corrected chi connectivity index (χ3v) is 8.44. The van der Waals surface area contributed by atoms with Crippen molar-refractivity contribution in [3.8, 4) is 0 Å². The Labute approximate surface area is 253 Å². The van der Waals surface area contributed by atoms with Crippen molar-refractivity contribution in [3.63, 3.8) is 0 Å². The van der Waals surface area contributed by atoms with E-state index in [1.165, 1.54) is 0 Å². The van der Waals surface area contributed by atoms with Crippen LogP contribution in [0.4, 0.5) is 0 Å². The molecule has 43 heavy (non-hydrogen) atoms. The van der Waals surface area contributed by atoms with Gasteiger partial charge >= 0.3 is 10.4 Å². The first-order valence-electron chi connectivity index (χ1n) is 14.0. The van der Waals surface area contributed by atoms with E-state index < -0.39 is 21.6 Å². The summed E-state index contributed by atoms with van der Waals surface area (Å²) in [5.41, 5.74) is 0.771. The normalized spacial score (nSPS) is 12.1. The van der Waals surface area contributed by atoms with Crippen LogP contribution in [0.1, 0.15) is 33.4 Å². The minimum absolute atomic E-state index is 0.643. The van der Waals surface area contributed by atoms with E-state index in [1.54, 1.807) is 0 Å². The Bertz CT molecular complexity index is 1520. The van der Waals surface area contributed by atoms with Gasteiger partial charge in [-0.1, -0.05) is 182 Å². The fourth-order valence-corrected chi connectivity index (χ4v) is 6.87. The largest absolute Gasteiger partial charge is 0.402 e. The van der Waals surface area contributed by atoms with Gasteiger partial charge in [-0.3, -0.25) is 0 Å². The van der Waals surface area contributed by atoms with Gasteiger partial charge in [0.05, 0.1) is 0 Å². The first-order chi connectivity index (χ1) is 21.0. The lowest BCUT2D eigenvalue weighted by molar-refractivity contribution is 0.0780. The Morgan fingerprint density at radius 2 is 0.465 bits per heavy atom. The second-order valence-corrected chi connectivity index (χ2v) is 11.3. The van der Waals surface area contributed by atoms with Gasteiger partial charge in [0.15, 0.2) is 11.2 Å². The Morgan fingerprint density at radius 3 is 0.628 bits per heavy atom. The maximum absolute atomic E-state index is 14.7. The molecule has 0 unspecified atom stereocenters. The number of hydrogen-bond acceptors (Lipinski definition) is 4. The van der Waals surface area contributed by atoms with Crippen molar-refractivity contribution in [2.45, 2.75) is 11.2 Å². The van der Waals surface area contributed by atoms with E-state index in [0.29, 0.717) is 33.4 Å². The molecule has 0 saturated heterocycles. The average molecular weight is 583 g/mol. The summed E-state index contributed by atoms with van der Waals surface area (Å²) in [6, 6.07) is 56.2. The van der Waals surface area contributed by atoms with E-state index >= 15 is 0 Å². The van der Waals surface area contributed by atoms with Crippen molar-refractivity contribution in [1.82, 2.24) is 0 Å². The summed E-state index contributed by atoms with van der Waals surface area (Å²) in [4.78, 5) is 0. The molecule has 0 radical (unpaired) electrons. The number of hydrogen-bond donors (Lipinski definition) is 0. The number of benzene rings is 6. The predicted molar refractivity (Wildman–Crippen MR) is 170 cm³/mol. The van der Waals surface area contributed by atoms with Crippen LogP contribution in [0.2, 0.25) is 0 Å². The molecule has 0 aromatic heterocycles. The van der Waals surface area contributed by atoms with Crippen LogP contribution in [0.3, 0.4) is 0 Å². The van der Waals surface area contributed by atoms with Gasteiger partial charge in [0.1, 0.15) is 0 Å². The summed E-state index contributed by atoms with van der Waals surface area (Å²) in [7, 11) is -4.79. The molecule has 0 aliphatic carbocycles.